The molecule has 20 heteroatoms. The van der Waals surface area contributed by atoms with Crippen molar-refractivity contribution in [1.29, 1.82) is 0 Å². The number of hydrogen-bond acceptors (Lipinski definition) is 12. The maximum absolute atomic E-state index is 5.93. The van der Waals surface area contributed by atoms with E-state index in [0.717, 1.165) is 49.8 Å². The monoisotopic (exact) mass is 2600 g/mol. The topological polar surface area (TPSA) is 140 Å². The van der Waals surface area contributed by atoms with Gasteiger partial charge >= 0.3 is 84.3 Å². The molecule has 4 aliphatic heterocycles. The van der Waals surface area contributed by atoms with Gasteiger partial charge in [0.25, 0.3) is 0 Å². The zero-order valence-electron chi connectivity index (χ0n) is 77.4. The van der Waals surface area contributed by atoms with Gasteiger partial charge in [-0.15, -0.1) is 116 Å². The summed E-state index contributed by atoms with van der Waals surface area (Å²) in [5.41, 5.74) is 22.9. The first-order chi connectivity index (χ1) is 66.5. The molecule has 4 unspecified atom stereocenters. The molecule has 0 N–H and O–H groups in total. The number of fused-ring (bicyclic) bond motifs is 12. The fourth-order valence-corrected chi connectivity index (χ4v) is 35.5. The van der Waals surface area contributed by atoms with Gasteiger partial charge in [-0.1, -0.05) is 203 Å². The maximum atomic E-state index is 5.93. The van der Waals surface area contributed by atoms with E-state index in [4.69, 9.17) is 38.9 Å². The summed E-state index contributed by atoms with van der Waals surface area (Å²) in [7, 11) is -9.19. The molecule has 0 amide bonds. The molecule has 12 aromatic carbocycles. The average Bonchev–Trinajstić information content (AvgIpc) is 1.62. The van der Waals surface area contributed by atoms with E-state index in [0.29, 0.717) is 46.5 Å². The molecular weight excluding hydrogens is 2510 g/mol. The van der Waals surface area contributed by atoms with Crippen LogP contribution >= 0.6 is 0 Å². The largest absolute Gasteiger partial charge is 2.00 e. The molecule has 0 aliphatic carbocycles. The van der Waals surface area contributed by atoms with Gasteiger partial charge in [0.05, 0.1) is 0 Å². The van der Waals surface area contributed by atoms with E-state index in [-0.39, 0.29) is 84.3 Å². The van der Waals surface area contributed by atoms with E-state index in [1.54, 1.807) is 24.8 Å². The number of hydrogen-bond donors (Lipinski definition) is 0. The second-order valence-electron chi connectivity index (χ2n) is 34.9. The second kappa shape index (κ2) is 42.4. The average molecular weight is 2600 g/mol. The van der Waals surface area contributed by atoms with Crippen molar-refractivity contribution in [2.75, 3.05) is 0 Å². The van der Waals surface area contributed by atoms with Gasteiger partial charge < -0.3 is 18.9 Å². The molecule has 140 heavy (non-hydrogen) atoms. The Morgan fingerprint density at radius 3 is 0.800 bits per heavy atom. The summed E-state index contributed by atoms with van der Waals surface area (Å²) < 4.78 is 23.7. The van der Waals surface area contributed by atoms with Crippen LogP contribution in [0.25, 0.3) is 89.0 Å². The van der Waals surface area contributed by atoms with Crippen LogP contribution in [0, 0.1) is 76.2 Å². The van der Waals surface area contributed by atoms with Gasteiger partial charge in [0, 0.05) is 118 Å². The van der Waals surface area contributed by atoms with Gasteiger partial charge in [-0.25, -0.2) is 64.4 Å². The van der Waals surface area contributed by atoms with Crippen LogP contribution in [0.1, 0.15) is 22.3 Å². The molecule has 0 radical (unpaired) electrons. The van der Waals surface area contributed by atoms with Crippen LogP contribution < -0.4 is 81.7 Å². The number of nitrogens with zero attached hydrogens (tertiary/aromatic N) is 8. The predicted molar refractivity (Wildman–Crippen MR) is 555 cm³/mol. The SMILES string of the molecule is Cc1ccc([Si]2(C)c3[c-]c(-c4[c-]c(Oc5ccccn5)ccc4)ccc3-c3ccccc32)nc1.Cc1cccnc1[Si]1(C)c2[c-]c(-c3[c-]c(Oc4ccccn4)ccc3)ccc2-c2ccccc21.Cc1ccnc([Si]2(C)c3[c-]c(-c4[c-]c(Oc5ccccn5)ccc4)ccc3-c3ccccc32)c1.Cc1ccnc([Si]2(C)c3[c-]c(-c4[c-]c(Oc5ccccn5)ccc4)ccc3-c3ccccc32)c1.[Pt+2].[Pt+2].[Pt+2].[Pt+2]. The second-order valence-corrected chi connectivity index (χ2v) is 50.1. The number of ether oxygens (including phenoxy) is 4. The third kappa shape index (κ3) is 19.1. The van der Waals surface area contributed by atoms with Gasteiger partial charge in [0.15, 0.2) is 0 Å². The Morgan fingerprint density at radius 1 is 0.207 bits per heavy atom. The van der Waals surface area contributed by atoms with Crippen molar-refractivity contribution in [3.63, 3.8) is 0 Å². The summed E-state index contributed by atoms with van der Waals surface area (Å²) in [5.74, 6) is 4.74. The first-order valence-electron chi connectivity index (χ1n) is 45.4. The Balaban J connectivity index is 0.000000128. The minimum Gasteiger partial charge on any atom is -0.460 e. The molecule has 0 bridgehead atoms. The molecule has 8 aromatic heterocycles. The zero-order chi connectivity index (χ0) is 92.5. The van der Waals surface area contributed by atoms with Crippen LogP contribution in [0.2, 0.25) is 26.2 Å². The molecule has 0 spiro atoms. The van der Waals surface area contributed by atoms with Crippen molar-refractivity contribution in [2.24, 2.45) is 0 Å². The van der Waals surface area contributed by atoms with Gasteiger partial charge in [0.1, 0.15) is 32.3 Å². The standard InChI is InChI=1S/4C30H22N2OSi.4Pt/c1-21-9-8-18-32-30(21)34(2)27-13-4-3-12-25(27)26-16-15-23(20-28(26)34)22-10-7-11-24(19-22)33-29-14-5-6-17-31-29;1-21-13-16-30(32-20-21)34(2)27-11-4-3-10-25(27)26-15-14-23(19-28(26)34)22-8-7-9-24(18-22)33-29-12-5-6-17-31-29;2*1-21-15-17-32-30(18-21)34(2)27-11-4-3-10-25(27)26-14-13-23(20-28(26)34)22-8-7-9-24(19-22)33-29-12-5-6-16-31-29;;;;/h3-18H,1-2H3;3-17,20H,1-2H3;2*3-18H,1-2H3;;;;/q4*-2;4*+2. The van der Waals surface area contributed by atoms with E-state index in [9.17, 15) is 0 Å². The van der Waals surface area contributed by atoms with Crippen molar-refractivity contribution >= 4 is 95.1 Å². The molecule has 4 atom stereocenters. The molecule has 24 rings (SSSR count). The summed E-state index contributed by atoms with van der Waals surface area (Å²) in [5, 5.41) is 15.4. The van der Waals surface area contributed by atoms with E-state index in [2.05, 4.69) is 335 Å². The van der Waals surface area contributed by atoms with Crippen LogP contribution in [0.3, 0.4) is 0 Å². The van der Waals surface area contributed by atoms with E-state index in [1.165, 1.54) is 124 Å². The molecule has 12 heterocycles. The molecular formula is C120H88N8O4Pt4Si4. The quantitative estimate of drug-likeness (QED) is 0.0672. The zero-order valence-corrected chi connectivity index (χ0v) is 90.5. The fourth-order valence-electron chi connectivity index (χ4n) is 19.4. The minimum absolute atomic E-state index is 0. The Morgan fingerprint density at radius 2 is 0.500 bits per heavy atom. The maximum Gasteiger partial charge on any atom is 2.00 e. The van der Waals surface area contributed by atoms with Crippen molar-refractivity contribution in [2.45, 2.75) is 53.9 Å². The Bertz CT molecular complexity index is 7690. The van der Waals surface area contributed by atoms with Crippen LogP contribution in [0.5, 0.6) is 46.5 Å². The van der Waals surface area contributed by atoms with E-state index >= 15 is 0 Å². The molecule has 688 valence electrons. The third-order valence-corrected chi connectivity index (χ3v) is 43.2. The Hall–Kier alpha value is -13.3. The summed E-state index contributed by atoms with van der Waals surface area (Å²) in [4.78, 5) is 36.5. The normalized spacial score (nSPS) is 15.6. The van der Waals surface area contributed by atoms with Gasteiger partial charge in [-0.3, -0.25) is 19.9 Å². The summed E-state index contributed by atoms with van der Waals surface area (Å²) in [6.45, 7) is 18.1. The number of aryl methyl sites for hydroxylation is 4. The molecule has 0 saturated heterocycles. The molecule has 4 aliphatic rings. The molecule has 0 saturated carbocycles. The molecule has 12 nitrogen and oxygen atoms in total. The summed E-state index contributed by atoms with van der Waals surface area (Å²) >= 11 is 0. The van der Waals surface area contributed by atoms with Crippen molar-refractivity contribution in [3.05, 3.63) is 460 Å². The van der Waals surface area contributed by atoms with Crippen LogP contribution in [0.15, 0.2) is 389 Å². The van der Waals surface area contributed by atoms with Crippen molar-refractivity contribution in [1.82, 2.24) is 39.9 Å². The first kappa shape index (κ1) is 98.3. The Kier molecular flexibility index (Phi) is 29.7. The summed E-state index contributed by atoms with van der Waals surface area (Å²) in [6, 6.07) is 145. The number of pyridine rings is 8. The van der Waals surface area contributed by atoms with Gasteiger partial charge in [0.2, 0.25) is 23.5 Å². The third-order valence-electron chi connectivity index (χ3n) is 26.2. The van der Waals surface area contributed by atoms with Crippen LogP contribution in [-0.2, 0) is 84.3 Å². The minimum atomic E-state index is -2.31. The van der Waals surface area contributed by atoms with Gasteiger partial charge in [-0.05, 0) is 111 Å². The smallest absolute Gasteiger partial charge is 0.460 e. The fraction of sp³-hybridized carbons (Fsp3) is 0.0667. The predicted octanol–water partition coefficient (Wildman–Crippen LogP) is 19.7. The first-order valence-corrected chi connectivity index (χ1v) is 55.4. The van der Waals surface area contributed by atoms with Crippen molar-refractivity contribution in [3.8, 4) is 136 Å². The summed E-state index contributed by atoms with van der Waals surface area (Å²) in [6.07, 6.45) is 14.6. The van der Waals surface area contributed by atoms with E-state index in [1.807, 2.05) is 152 Å². The number of benzene rings is 12. The Labute approximate surface area is 879 Å². The van der Waals surface area contributed by atoms with Gasteiger partial charge in [-0.2, -0.15) is 97.1 Å². The van der Waals surface area contributed by atoms with Crippen molar-refractivity contribution < 1.29 is 103 Å². The van der Waals surface area contributed by atoms with Crippen LogP contribution in [0.4, 0.5) is 0 Å². The number of aromatic nitrogens is 8. The molecule has 20 aromatic rings. The number of rotatable bonds is 16. The molecule has 0 fully saturated rings. The van der Waals surface area contributed by atoms with Crippen LogP contribution in [-0.4, -0.2) is 72.2 Å². The van der Waals surface area contributed by atoms with E-state index < -0.39 is 32.3 Å².